The Balaban J connectivity index is 0.000000535. The fourth-order valence-electron chi connectivity index (χ4n) is 9.60. The first kappa shape index (κ1) is 42.1. The minimum Gasteiger partial charge on any atom is -0.339 e. The lowest BCUT2D eigenvalue weighted by atomic mass is 9.78. The molecule has 47 heavy (non-hydrogen) atoms. The first-order chi connectivity index (χ1) is 21.2. The normalized spacial score (nSPS) is 25.1. The van der Waals surface area contributed by atoms with Crippen molar-refractivity contribution in [3.63, 3.8) is 0 Å². The summed E-state index contributed by atoms with van der Waals surface area (Å²) in [5, 5.41) is 14.5. The van der Waals surface area contributed by atoms with E-state index in [1.807, 2.05) is 4.90 Å². The van der Waals surface area contributed by atoms with Crippen LogP contribution < -0.4 is 21.3 Å². The van der Waals surface area contributed by atoms with E-state index in [4.69, 9.17) is 0 Å². The summed E-state index contributed by atoms with van der Waals surface area (Å²) in [6.07, 6.45) is 11.2. The highest BCUT2D eigenvalue weighted by atomic mass is 16.2. The minimum absolute atomic E-state index is 0.00636. The zero-order valence-electron chi connectivity index (χ0n) is 33.6. The molecule has 1 amide bonds. The average molecular weight is 663 g/mol. The highest BCUT2D eigenvalue weighted by molar-refractivity contribution is 5.96. The summed E-state index contributed by atoms with van der Waals surface area (Å²) in [4.78, 5) is 29.4. The maximum Gasteiger partial charge on any atom is 0.230 e. The Hall–Kier alpha value is -1.06. The van der Waals surface area contributed by atoms with Crippen LogP contribution in [0.5, 0.6) is 0 Å². The van der Waals surface area contributed by atoms with Crippen molar-refractivity contribution in [1.29, 1.82) is 0 Å². The second-order valence-electron chi connectivity index (χ2n) is 19.6. The lowest BCUT2D eigenvalue weighted by molar-refractivity contribution is -0.138. The van der Waals surface area contributed by atoms with E-state index in [1.54, 1.807) is 0 Å². The molecule has 0 aromatic rings. The summed E-state index contributed by atoms with van der Waals surface area (Å²) in [6.45, 7) is 30.7. The van der Waals surface area contributed by atoms with Crippen molar-refractivity contribution in [1.82, 2.24) is 31.1 Å². The molecule has 0 atom stereocenters. The number of amides is 1. The Kier molecular flexibility index (Phi) is 14.6. The second kappa shape index (κ2) is 16.3. The van der Waals surface area contributed by atoms with Crippen LogP contribution in [0.25, 0.3) is 0 Å². The number of nitrogens with zero attached hydrogens (tertiary/aromatic N) is 2. The van der Waals surface area contributed by atoms with Gasteiger partial charge in [-0.3, -0.25) is 9.59 Å². The zero-order valence-corrected chi connectivity index (χ0v) is 33.6. The van der Waals surface area contributed by atoms with Gasteiger partial charge in [-0.25, -0.2) is 0 Å². The van der Waals surface area contributed by atoms with Crippen molar-refractivity contribution >= 4 is 11.7 Å². The third kappa shape index (κ3) is 15.2. The Labute approximate surface area is 291 Å². The third-order valence-electron chi connectivity index (χ3n) is 10.4. The first-order valence-corrected chi connectivity index (χ1v) is 18.8. The summed E-state index contributed by atoms with van der Waals surface area (Å²) in [7, 11) is 4.34. The van der Waals surface area contributed by atoms with Crippen LogP contribution in [0.4, 0.5) is 0 Å². The van der Waals surface area contributed by atoms with E-state index in [0.29, 0.717) is 12.1 Å². The van der Waals surface area contributed by atoms with E-state index in [0.717, 1.165) is 38.8 Å². The smallest absolute Gasteiger partial charge is 0.230 e. The predicted octanol–water partition coefficient (Wildman–Crippen LogP) is 6.42. The van der Waals surface area contributed by atoms with E-state index in [9.17, 15) is 9.59 Å². The molecule has 8 nitrogen and oxygen atoms in total. The summed E-state index contributed by atoms with van der Waals surface area (Å²) in [5.74, 6) is -0.0355. The maximum absolute atomic E-state index is 13.0. The van der Waals surface area contributed by atoms with Crippen LogP contribution >= 0.6 is 0 Å². The fourth-order valence-corrected chi connectivity index (χ4v) is 9.60. The van der Waals surface area contributed by atoms with Gasteiger partial charge in [0.05, 0.1) is 6.42 Å². The standard InChI is InChI=1S/C29H56N4O2.C10H22N2/c1-22(34)17-25(35)33(24-20-28(6,7)31-29(8,9)21-24)16-14-12-11-13-15-32(10)23-18-26(2,3)30-27(4,5)19-23;1-9(2)6-8(11-5)7-10(3,4)12-9/h23-24,30-31H,11-21H2,1-10H3;8,11-12H,6-7H2,1-5H3. The number of ketones is 1. The summed E-state index contributed by atoms with van der Waals surface area (Å²) < 4.78 is 0. The minimum atomic E-state index is -0.0419. The molecule has 0 unspecified atom stereocenters. The number of unbranched alkanes of at least 4 members (excludes halogenated alkanes) is 3. The number of Topliss-reactive ketones (excluding diaryl/α,β-unsaturated/α-hetero) is 1. The van der Waals surface area contributed by atoms with Crippen molar-refractivity contribution < 1.29 is 9.59 Å². The van der Waals surface area contributed by atoms with Crippen LogP contribution in [0, 0.1) is 0 Å². The van der Waals surface area contributed by atoms with Gasteiger partial charge in [0, 0.05) is 57.9 Å². The lowest BCUT2D eigenvalue weighted by Gasteiger charge is -2.49. The van der Waals surface area contributed by atoms with Crippen LogP contribution in [0.3, 0.4) is 0 Å². The van der Waals surface area contributed by atoms with Gasteiger partial charge in [-0.1, -0.05) is 12.8 Å². The number of carbonyl (C=O) groups is 2. The van der Waals surface area contributed by atoms with E-state index < -0.39 is 0 Å². The molecule has 0 radical (unpaired) electrons. The molecule has 0 aromatic carbocycles. The van der Waals surface area contributed by atoms with Gasteiger partial charge in [0.25, 0.3) is 0 Å². The van der Waals surface area contributed by atoms with Crippen LogP contribution in [0.15, 0.2) is 0 Å². The van der Waals surface area contributed by atoms with Gasteiger partial charge in [0.2, 0.25) is 5.91 Å². The quantitative estimate of drug-likeness (QED) is 0.142. The maximum atomic E-state index is 13.0. The summed E-state index contributed by atoms with van der Waals surface area (Å²) >= 11 is 0. The van der Waals surface area contributed by atoms with E-state index >= 15 is 0 Å². The molecule has 0 spiro atoms. The van der Waals surface area contributed by atoms with Gasteiger partial charge in [-0.15, -0.1) is 0 Å². The van der Waals surface area contributed by atoms with Crippen molar-refractivity contribution in [3.05, 3.63) is 0 Å². The molecule has 276 valence electrons. The molecule has 0 bridgehead atoms. The van der Waals surface area contributed by atoms with Crippen molar-refractivity contribution in [3.8, 4) is 0 Å². The van der Waals surface area contributed by atoms with E-state index in [2.05, 4.69) is 123 Å². The van der Waals surface area contributed by atoms with E-state index in [-0.39, 0.29) is 57.4 Å². The number of piperidine rings is 3. The van der Waals surface area contributed by atoms with E-state index in [1.165, 1.54) is 45.4 Å². The summed E-state index contributed by atoms with van der Waals surface area (Å²) in [5.41, 5.74) is 0.848. The number of rotatable bonds is 12. The van der Waals surface area contributed by atoms with Gasteiger partial charge < -0.3 is 31.1 Å². The molecule has 0 saturated carbocycles. The SMILES string of the molecule is CC(=O)CC(=O)N(CCCCCCN(C)C1CC(C)(C)NC(C)(C)C1)C1CC(C)(C)NC(C)(C)C1.CNC1CC(C)(C)NC(C)(C)C1. The van der Waals surface area contributed by atoms with Crippen molar-refractivity contribution in [2.45, 2.75) is 212 Å². The van der Waals surface area contributed by atoms with Crippen LogP contribution in [0.1, 0.15) is 161 Å². The molecule has 0 aromatic heterocycles. The van der Waals surface area contributed by atoms with Gasteiger partial charge in [-0.05, 0) is 162 Å². The van der Waals surface area contributed by atoms with Crippen LogP contribution in [-0.4, -0.2) is 100 Å². The zero-order chi connectivity index (χ0) is 36.1. The van der Waals surface area contributed by atoms with Gasteiger partial charge in [-0.2, -0.15) is 0 Å². The predicted molar refractivity (Wildman–Crippen MR) is 200 cm³/mol. The molecule has 8 heteroatoms. The Morgan fingerprint density at radius 1 is 0.596 bits per heavy atom. The highest BCUT2D eigenvalue weighted by Gasteiger charge is 2.42. The van der Waals surface area contributed by atoms with Crippen LogP contribution in [-0.2, 0) is 9.59 Å². The monoisotopic (exact) mass is 663 g/mol. The molecule has 3 rings (SSSR count). The molecular formula is C39H78N6O2. The van der Waals surface area contributed by atoms with Crippen molar-refractivity contribution in [2.24, 2.45) is 0 Å². The molecule has 3 aliphatic heterocycles. The molecular weight excluding hydrogens is 584 g/mol. The molecule has 3 aliphatic rings. The molecule has 3 heterocycles. The molecule has 4 N–H and O–H groups in total. The number of nitrogens with one attached hydrogen (secondary N) is 4. The molecule has 0 aliphatic carbocycles. The first-order valence-electron chi connectivity index (χ1n) is 18.8. The molecule has 3 saturated heterocycles. The second-order valence-corrected chi connectivity index (χ2v) is 19.6. The topological polar surface area (TPSA) is 88.7 Å². The largest absolute Gasteiger partial charge is 0.339 e. The fraction of sp³-hybridized carbons (Fsp3) is 0.949. The number of carbonyl (C=O) groups excluding carboxylic acids is 2. The number of hydrogen-bond donors (Lipinski definition) is 4. The number of hydrogen-bond acceptors (Lipinski definition) is 7. The lowest BCUT2D eigenvalue weighted by Crippen LogP contribution is -2.63. The van der Waals surface area contributed by atoms with Gasteiger partial charge in [0.15, 0.2) is 0 Å². The summed E-state index contributed by atoms with van der Waals surface area (Å²) in [6, 6.07) is 1.47. The Morgan fingerprint density at radius 2 is 0.957 bits per heavy atom. The highest BCUT2D eigenvalue weighted by Crippen LogP contribution is 2.33. The third-order valence-corrected chi connectivity index (χ3v) is 10.4. The van der Waals surface area contributed by atoms with Crippen molar-refractivity contribution in [2.75, 3.05) is 27.2 Å². The average Bonchev–Trinajstić information content (AvgIpc) is 2.82. The van der Waals surface area contributed by atoms with Gasteiger partial charge >= 0.3 is 0 Å². The Morgan fingerprint density at radius 3 is 1.34 bits per heavy atom. The molecule has 3 fully saturated rings. The van der Waals surface area contributed by atoms with Gasteiger partial charge in [0.1, 0.15) is 5.78 Å². The van der Waals surface area contributed by atoms with Crippen LogP contribution in [0.2, 0.25) is 0 Å². The Bertz CT molecular complexity index is 969.